The van der Waals surface area contributed by atoms with Crippen molar-refractivity contribution in [2.75, 3.05) is 19.0 Å². The minimum atomic E-state index is -0.355. The lowest BCUT2D eigenvalue weighted by atomic mass is 10.1. The van der Waals surface area contributed by atoms with E-state index in [4.69, 9.17) is 4.74 Å². The van der Waals surface area contributed by atoms with E-state index in [1.807, 2.05) is 37.4 Å². The molecule has 3 rings (SSSR count). The Labute approximate surface area is 139 Å². The van der Waals surface area contributed by atoms with E-state index in [9.17, 15) is 10.1 Å². The van der Waals surface area contributed by atoms with Crippen LogP contribution in [0.15, 0.2) is 42.6 Å². The number of anilines is 1. The van der Waals surface area contributed by atoms with Gasteiger partial charge in [-0.25, -0.2) is 0 Å². The van der Waals surface area contributed by atoms with Gasteiger partial charge in [-0.2, -0.15) is 0 Å². The molecule has 0 fully saturated rings. The third-order valence-electron chi connectivity index (χ3n) is 4.03. The Balaban J connectivity index is 1.74. The molecule has 24 heavy (non-hydrogen) atoms. The first kappa shape index (κ1) is 15.9. The van der Waals surface area contributed by atoms with Gasteiger partial charge in [-0.05, 0) is 48.7 Å². The number of aryl methyl sites for hydroxylation is 1. The maximum absolute atomic E-state index is 11.2. The zero-order chi connectivity index (χ0) is 17.1. The lowest BCUT2D eigenvalue weighted by Gasteiger charge is -2.08. The summed E-state index contributed by atoms with van der Waals surface area (Å²) in [5.41, 5.74) is 3.72. The third-order valence-corrected chi connectivity index (χ3v) is 4.03. The monoisotopic (exact) mass is 325 g/mol. The lowest BCUT2D eigenvalue weighted by molar-refractivity contribution is -0.384. The number of nitro benzene ring substituents is 1. The van der Waals surface area contributed by atoms with E-state index in [0.29, 0.717) is 12.2 Å². The predicted octanol–water partition coefficient (Wildman–Crippen LogP) is 4.05. The maximum atomic E-state index is 11.2. The highest BCUT2D eigenvalue weighted by molar-refractivity contribution is 5.84. The second-order valence-electron chi connectivity index (χ2n) is 5.68. The molecule has 0 bridgehead atoms. The first-order chi connectivity index (χ1) is 11.6. The molecule has 0 aliphatic carbocycles. The molecule has 0 saturated heterocycles. The minimum absolute atomic E-state index is 0.107. The van der Waals surface area contributed by atoms with Crippen molar-refractivity contribution in [1.29, 1.82) is 0 Å². The number of hydrogen-bond donors (Lipinski definition) is 2. The number of ether oxygens (including phenoxy) is 1. The molecule has 6 heteroatoms. The Morgan fingerprint density at radius 2 is 2.08 bits per heavy atom. The van der Waals surface area contributed by atoms with Gasteiger partial charge in [0.25, 0.3) is 5.69 Å². The molecule has 2 aromatic carbocycles. The number of nitrogens with zero attached hydrogens (tertiary/aromatic N) is 1. The number of rotatable bonds is 6. The Kier molecular flexibility index (Phi) is 4.37. The van der Waals surface area contributed by atoms with Crippen molar-refractivity contribution in [3.8, 4) is 5.75 Å². The van der Waals surface area contributed by atoms with Crippen molar-refractivity contribution in [2.45, 2.75) is 13.3 Å². The van der Waals surface area contributed by atoms with Gasteiger partial charge in [0.2, 0.25) is 0 Å². The van der Waals surface area contributed by atoms with Crippen LogP contribution in [0.25, 0.3) is 10.9 Å². The fourth-order valence-corrected chi connectivity index (χ4v) is 2.77. The normalized spacial score (nSPS) is 10.8. The van der Waals surface area contributed by atoms with Crippen molar-refractivity contribution in [3.63, 3.8) is 0 Å². The lowest BCUT2D eigenvalue weighted by Crippen LogP contribution is -2.06. The molecule has 0 radical (unpaired) electrons. The van der Waals surface area contributed by atoms with Gasteiger partial charge in [-0.15, -0.1) is 0 Å². The average molecular weight is 325 g/mol. The molecule has 6 nitrogen and oxygen atoms in total. The summed E-state index contributed by atoms with van der Waals surface area (Å²) in [4.78, 5) is 14.0. The van der Waals surface area contributed by atoms with Gasteiger partial charge < -0.3 is 15.0 Å². The van der Waals surface area contributed by atoms with E-state index in [0.717, 1.165) is 34.2 Å². The molecule has 0 saturated carbocycles. The number of fused-ring (bicyclic) bond motifs is 1. The van der Waals surface area contributed by atoms with Crippen LogP contribution in [0, 0.1) is 17.0 Å². The highest BCUT2D eigenvalue weighted by atomic mass is 16.6. The summed E-state index contributed by atoms with van der Waals surface area (Å²) >= 11 is 0. The Hall–Kier alpha value is -3.02. The molecular formula is C18H19N3O3. The van der Waals surface area contributed by atoms with Crippen LogP contribution >= 0.6 is 0 Å². The standard InChI is InChI=1S/C18H19N3O3/c1-12-3-5-17(18(9-12)21(22)23)19-8-7-13-11-20-16-6-4-14(24-2)10-15(13)16/h3-6,9-11,19-20H,7-8H2,1-2H3. The van der Waals surface area contributed by atoms with E-state index in [1.165, 1.54) is 0 Å². The van der Waals surface area contributed by atoms with Gasteiger partial charge in [0.15, 0.2) is 0 Å². The van der Waals surface area contributed by atoms with Crippen LogP contribution in [-0.4, -0.2) is 23.6 Å². The SMILES string of the molecule is COc1ccc2[nH]cc(CCNc3ccc(C)cc3[N+](=O)[O-])c2c1. The third kappa shape index (κ3) is 3.17. The highest BCUT2D eigenvalue weighted by Crippen LogP contribution is 2.26. The largest absolute Gasteiger partial charge is 0.497 e. The first-order valence-corrected chi connectivity index (χ1v) is 7.71. The second kappa shape index (κ2) is 6.62. The van der Waals surface area contributed by atoms with Crippen molar-refractivity contribution >= 4 is 22.3 Å². The summed E-state index contributed by atoms with van der Waals surface area (Å²) < 4.78 is 5.27. The number of nitro groups is 1. The van der Waals surface area contributed by atoms with Crippen LogP contribution in [0.4, 0.5) is 11.4 Å². The van der Waals surface area contributed by atoms with Crippen molar-refractivity contribution in [2.24, 2.45) is 0 Å². The average Bonchev–Trinajstić information content (AvgIpc) is 2.98. The molecule has 1 aromatic heterocycles. The molecule has 124 valence electrons. The second-order valence-corrected chi connectivity index (χ2v) is 5.68. The van der Waals surface area contributed by atoms with Crippen LogP contribution in [0.5, 0.6) is 5.75 Å². The Morgan fingerprint density at radius 1 is 1.25 bits per heavy atom. The molecule has 0 aliphatic rings. The van der Waals surface area contributed by atoms with Crippen molar-refractivity contribution in [3.05, 3.63) is 63.8 Å². The summed E-state index contributed by atoms with van der Waals surface area (Å²) in [5, 5.41) is 15.4. The van der Waals surface area contributed by atoms with Crippen LogP contribution in [0.2, 0.25) is 0 Å². The van der Waals surface area contributed by atoms with E-state index < -0.39 is 0 Å². The number of methoxy groups -OCH3 is 1. The summed E-state index contributed by atoms with van der Waals surface area (Å²) in [6.07, 6.45) is 2.72. The Bertz CT molecular complexity index is 886. The molecule has 0 amide bonds. The summed E-state index contributed by atoms with van der Waals surface area (Å²) in [5.74, 6) is 0.811. The smallest absolute Gasteiger partial charge is 0.292 e. The molecule has 3 aromatic rings. The van der Waals surface area contributed by atoms with Gasteiger partial charge in [-0.3, -0.25) is 10.1 Å². The molecule has 2 N–H and O–H groups in total. The highest BCUT2D eigenvalue weighted by Gasteiger charge is 2.13. The quantitative estimate of drug-likeness (QED) is 0.529. The predicted molar refractivity (Wildman–Crippen MR) is 94.9 cm³/mol. The van der Waals surface area contributed by atoms with Crippen molar-refractivity contribution < 1.29 is 9.66 Å². The summed E-state index contributed by atoms with van der Waals surface area (Å²) in [7, 11) is 1.64. The van der Waals surface area contributed by atoms with E-state index in [-0.39, 0.29) is 10.6 Å². The molecule has 0 atom stereocenters. The summed E-state index contributed by atoms with van der Waals surface area (Å²) in [6.45, 7) is 2.45. The zero-order valence-electron chi connectivity index (χ0n) is 13.6. The number of hydrogen-bond acceptors (Lipinski definition) is 4. The van der Waals surface area contributed by atoms with Gasteiger partial charge in [0, 0.05) is 29.7 Å². The number of nitrogens with one attached hydrogen (secondary N) is 2. The maximum Gasteiger partial charge on any atom is 0.292 e. The van der Waals surface area contributed by atoms with Gasteiger partial charge >= 0.3 is 0 Å². The first-order valence-electron chi connectivity index (χ1n) is 7.71. The number of aromatic nitrogens is 1. The van der Waals surface area contributed by atoms with Crippen LogP contribution in [0.3, 0.4) is 0 Å². The van der Waals surface area contributed by atoms with Crippen LogP contribution in [-0.2, 0) is 6.42 Å². The summed E-state index contributed by atoms with van der Waals surface area (Å²) in [6, 6.07) is 11.1. The molecule has 1 heterocycles. The van der Waals surface area contributed by atoms with E-state index >= 15 is 0 Å². The number of H-pyrrole nitrogens is 1. The van der Waals surface area contributed by atoms with Crippen molar-refractivity contribution in [1.82, 2.24) is 4.98 Å². The molecule has 0 unspecified atom stereocenters. The van der Waals surface area contributed by atoms with Crippen LogP contribution in [0.1, 0.15) is 11.1 Å². The number of benzene rings is 2. The van der Waals surface area contributed by atoms with Gasteiger partial charge in [0.05, 0.1) is 12.0 Å². The van der Waals surface area contributed by atoms with Crippen LogP contribution < -0.4 is 10.1 Å². The van der Waals surface area contributed by atoms with Gasteiger partial charge in [0.1, 0.15) is 11.4 Å². The fraction of sp³-hybridized carbons (Fsp3) is 0.222. The van der Waals surface area contributed by atoms with E-state index in [2.05, 4.69) is 10.3 Å². The zero-order valence-corrected chi connectivity index (χ0v) is 13.6. The molecule has 0 spiro atoms. The fourth-order valence-electron chi connectivity index (χ4n) is 2.77. The Morgan fingerprint density at radius 3 is 2.83 bits per heavy atom. The number of aromatic amines is 1. The topological polar surface area (TPSA) is 80.2 Å². The van der Waals surface area contributed by atoms with E-state index in [1.54, 1.807) is 19.2 Å². The molecule has 0 aliphatic heterocycles. The minimum Gasteiger partial charge on any atom is -0.497 e. The molecular weight excluding hydrogens is 306 g/mol. The van der Waals surface area contributed by atoms with Gasteiger partial charge in [-0.1, -0.05) is 6.07 Å².